The molecule has 0 atom stereocenters. The number of likely N-dealkylation sites (N-methyl/N-ethyl adjacent to an activating group) is 1. The number of anilines is 1. The molecule has 2 aromatic carbocycles. The number of carbonyl (C=O) groups is 2. The van der Waals surface area contributed by atoms with Gasteiger partial charge < -0.3 is 15.4 Å². The van der Waals surface area contributed by atoms with Crippen LogP contribution in [-0.4, -0.2) is 50.0 Å². The summed E-state index contributed by atoms with van der Waals surface area (Å²) >= 11 is 0. The van der Waals surface area contributed by atoms with Gasteiger partial charge >= 0.3 is 0 Å². The van der Waals surface area contributed by atoms with Crippen molar-refractivity contribution >= 4 is 17.5 Å². The molecule has 27 heavy (non-hydrogen) atoms. The summed E-state index contributed by atoms with van der Waals surface area (Å²) in [6.07, 6.45) is 0.788. The van der Waals surface area contributed by atoms with Crippen LogP contribution in [-0.2, 0) is 16.0 Å². The molecule has 0 unspecified atom stereocenters. The summed E-state index contributed by atoms with van der Waals surface area (Å²) < 4.78 is 5.09. The molecule has 2 N–H and O–H groups in total. The van der Waals surface area contributed by atoms with E-state index in [1.54, 1.807) is 36.3 Å². The maximum absolute atomic E-state index is 12.2. The van der Waals surface area contributed by atoms with Crippen LogP contribution in [0, 0.1) is 0 Å². The molecule has 0 aliphatic rings. The average molecular weight is 369 g/mol. The molecule has 0 aliphatic heterocycles. The molecule has 0 saturated heterocycles. The summed E-state index contributed by atoms with van der Waals surface area (Å²) in [6.45, 7) is 3.48. The van der Waals surface area contributed by atoms with Gasteiger partial charge in [0.1, 0.15) is 5.75 Å². The van der Waals surface area contributed by atoms with Crippen LogP contribution in [0.4, 0.5) is 5.69 Å². The van der Waals surface area contributed by atoms with Crippen LogP contribution >= 0.6 is 0 Å². The molecular formula is C21H27N3O3. The predicted molar refractivity (Wildman–Crippen MR) is 107 cm³/mol. The molecule has 0 aliphatic carbocycles. The lowest BCUT2D eigenvalue weighted by Crippen LogP contribution is -2.41. The van der Waals surface area contributed by atoms with E-state index in [2.05, 4.69) is 10.6 Å². The van der Waals surface area contributed by atoms with Gasteiger partial charge in [0, 0.05) is 12.2 Å². The van der Waals surface area contributed by atoms with Crippen molar-refractivity contribution in [2.24, 2.45) is 0 Å². The maximum Gasteiger partial charge on any atom is 0.238 e. The van der Waals surface area contributed by atoms with Crippen LogP contribution in [0.5, 0.6) is 5.75 Å². The summed E-state index contributed by atoms with van der Waals surface area (Å²) in [7, 11) is 1.59. The highest BCUT2D eigenvalue weighted by atomic mass is 16.5. The van der Waals surface area contributed by atoms with Gasteiger partial charge in [-0.1, -0.05) is 37.3 Å². The molecule has 0 saturated carbocycles. The Balaban J connectivity index is 1.72. The zero-order valence-electron chi connectivity index (χ0n) is 15.9. The molecule has 6 nitrogen and oxygen atoms in total. The second-order valence-electron chi connectivity index (χ2n) is 6.17. The minimum Gasteiger partial charge on any atom is -0.497 e. The monoisotopic (exact) mass is 369 g/mol. The minimum absolute atomic E-state index is 0.0787. The smallest absolute Gasteiger partial charge is 0.238 e. The lowest BCUT2D eigenvalue weighted by molar-refractivity contribution is -0.123. The minimum atomic E-state index is -0.154. The van der Waals surface area contributed by atoms with E-state index < -0.39 is 0 Å². The standard InChI is InChI=1S/C21H27N3O3/c1-3-24(15-20(25)22-14-13-17-7-5-4-6-8-17)16-21(26)23-18-9-11-19(27-2)12-10-18/h4-12H,3,13-16H2,1-2H3,(H,22,25)(H,23,26). The number of nitrogens with one attached hydrogen (secondary N) is 2. The van der Waals surface area contributed by atoms with E-state index in [1.807, 2.05) is 37.3 Å². The average Bonchev–Trinajstić information content (AvgIpc) is 2.68. The Kier molecular flexibility index (Phi) is 8.32. The molecule has 6 heteroatoms. The van der Waals surface area contributed by atoms with E-state index >= 15 is 0 Å². The summed E-state index contributed by atoms with van der Waals surface area (Å²) in [4.78, 5) is 26.1. The molecule has 0 fully saturated rings. The number of nitrogens with zero attached hydrogens (tertiary/aromatic N) is 1. The van der Waals surface area contributed by atoms with Crippen molar-refractivity contribution in [2.45, 2.75) is 13.3 Å². The van der Waals surface area contributed by atoms with Crippen molar-refractivity contribution in [3.8, 4) is 5.75 Å². The van der Waals surface area contributed by atoms with E-state index in [0.29, 0.717) is 18.8 Å². The Labute approximate surface area is 160 Å². The van der Waals surface area contributed by atoms with E-state index in [0.717, 1.165) is 12.2 Å². The molecule has 0 heterocycles. The molecule has 2 amide bonds. The van der Waals surface area contributed by atoms with E-state index in [9.17, 15) is 9.59 Å². The number of amides is 2. The van der Waals surface area contributed by atoms with E-state index in [-0.39, 0.29) is 24.9 Å². The number of benzene rings is 2. The molecule has 0 radical (unpaired) electrons. The molecule has 144 valence electrons. The Morgan fingerprint density at radius 1 is 0.963 bits per heavy atom. The normalized spacial score (nSPS) is 10.5. The highest BCUT2D eigenvalue weighted by Crippen LogP contribution is 2.14. The van der Waals surface area contributed by atoms with Gasteiger partial charge in [-0.25, -0.2) is 0 Å². The zero-order chi connectivity index (χ0) is 19.5. The van der Waals surface area contributed by atoms with Crippen LogP contribution in [0.2, 0.25) is 0 Å². The van der Waals surface area contributed by atoms with Crippen molar-refractivity contribution < 1.29 is 14.3 Å². The van der Waals surface area contributed by atoms with Gasteiger partial charge in [-0.15, -0.1) is 0 Å². The van der Waals surface area contributed by atoms with Crippen LogP contribution in [0.3, 0.4) is 0 Å². The Morgan fingerprint density at radius 3 is 2.26 bits per heavy atom. The Hall–Kier alpha value is -2.86. The van der Waals surface area contributed by atoms with Crippen molar-refractivity contribution in [3.05, 3.63) is 60.2 Å². The predicted octanol–water partition coefficient (Wildman–Crippen LogP) is 2.31. The Morgan fingerprint density at radius 2 is 1.63 bits per heavy atom. The number of hydrogen-bond acceptors (Lipinski definition) is 4. The Bertz CT molecular complexity index is 717. The van der Waals surface area contributed by atoms with E-state index in [4.69, 9.17) is 4.74 Å². The molecule has 0 bridgehead atoms. The van der Waals surface area contributed by atoms with Crippen LogP contribution in [0.25, 0.3) is 0 Å². The zero-order valence-corrected chi connectivity index (χ0v) is 15.9. The SMILES string of the molecule is CCN(CC(=O)NCCc1ccccc1)CC(=O)Nc1ccc(OC)cc1. The van der Waals surface area contributed by atoms with Gasteiger partial charge in [-0.2, -0.15) is 0 Å². The fraction of sp³-hybridized carbons (Fsp3) is 0.333. The van der Waals surface area contributed by atoms with Crippen molar-refractivity contribution in [1.82, 2.24) is 10.2 Å². The van der Waals surface area contributed by atoms with Crippen LogP contribution in [0.15, 0.2) is 54.6 Å². The largest absolute Gasteiger partial charge is 0.497 e. The number of ether oxygens (including phenoxy) is 1. The summed E-state index contributed by atoms with van der Waals surface area (Å²) in [5.41, 5.74) is 1.88. The molecule has 2 aromatic rings. The first-order valence-corrected chi connectivity index (χ1v) is 9.07. The first kappa shape index (κ1) is 20.5. The number of rotatable bonds is 10. The highest BCUT2D eigenvalue weighted by Gasteiger charge is 2.13. The first-order valence-electron chi connectivity index (χ1n) is 9.07. The molecule has 2 rings (SSSR count). The number of carbonyl (C=O) groups excluding carboxylic acids is 2. The third-order valence-corrected chi connectivity index (χ3v) is 4.13. The quantitative estimate of drug-likeness (QED) is 0.674. The van der Waals surface area contributed by atoms with Crippen LogP contribution < -0.4 is 15.4 Å². The lowest BCUT2D eigenvalue weighted by atomic mass is 10.1. The summed E-state index contributed by atoms with van der Waals surface area (Å²) in [5.74, 6) is 0.500. The second kappa shape index (κ2) is 11.0. The topological polar surface area (TPSA) is 70.7 Å². The second-order valence-corrected chi connectivity index (χ2v) is 6.17. The third kappa shape index (κ3) is 7.50. The van der Waals surface area contributed by atoms with Gasteiger partial charge in [-0.3, -0.25) is 14.5 Å². The van der Waals surface area contributed by atoms with Gasteiger partial charge in [0.2, 0.25) is 11.8 Å². The van der Waals surface area contributed by atoms with Crippen molar-refractivity contribution in [2.75, 3.05) is 38.6 Å². The first-order chi connectivity index (χ1) is 13.1. The molecular weight excluding hydrogens is 342 g/mol. The fourth-order valence-electron chi connectivity index (χ4n) is 2.61. The van der Waals surface area contributed by atoms with Gasteiger partial charge in [-0.05, 0) is 42.8 Å². The van der Waals surface area contributed by atoms with E-state index in [1.165, 1.54) is 5.56 Å². The number of methoxy groups -OCH3 is 1. The summed E-state index contributed by atoms with van der Waals surface area (Å²) in [5, 5.41) is 5.73. The number of hydrogen-bond donors (Lipinski definition) is 2. The van der Waals surface area contributed by atoms with Gasteiger partial charge in [0.25, 0.3) is 0 Å². The molecule has 0 spiro atoms. The fourth-order valence-corrected chi connectivity index (χ4v) is 2.61. The highest BCUT2D eigenvalue weighted by molar-refractivity contribution is 5.92. The van der Waals surface area contributed by atoms with Crippen molar-refractivity contribution in [3.63, 3.8) is 0 Å². The third-order valence-electron chi connectivity index (χ3n) is 4.13. The van der Waals surface area contributed by atoms with Gasteiger partial charge in [0.15, 0.2) is 0 Å². The lowest BCUT2D eigenvalue weighted by Gasteiger charge is -2.19. The van der Waals surface area contributed by atoms with Crippen molar-refractivity contribution in [1.29, 1.82) is 0 Å². The summed E-state index contributed by atoms with van der Waals surface area (Å²) in [6, 6.07) is 17.1. The van der Waals surface area contributed by atoms with Crippen LogP contribution in [0.1, 0.15) is 12.5 Å². The molecule has 0 aromatic heterocycles. The maximum atomic E-state index is 12.2. The van der Waals surface area contributed by atoms with Gasteiger partial charge in [0.05, 0.1) is 20.2 Å².